The lowest BCUT2D eigenvalue weighted by atomic mass is 10.2. The SMILES string of the molecule is Cc1cccc(Nc2cc(NC(C)CN)ncn2)c1. The Bertz CT molecular complexity index is 541. The Morgan fingerprint density at radius 3 is 2.74 bits per heavy atom. The number of benzene rings is 1. The van der Waals surface area contributed by atoms with Crippen LogP contribution in [0.3, 0.4) is 0 Å². The van der Waals surface area contributed by atoms with Crippen molar-refractivity contribution in [3.8, 4) is 0 Å². The van der Waals surface area contributed by atoms with E-state index in [1.807, 2.05) is 25.1 Å². The van der Waals surface area contributed by atoms with Gasteiger partial charge in [-0.2, -0.15) is 0 Å². The maximum absolute atomic E-state index is 5.58. The normalized spacial score (nSPS) is 11.9. The number of hydrogen-bond donors (Lipinski definition) is 3. The second-order valence-corrected chi connectivity index (χ2v) is 4.56. The van der Waals surface area contributed by atoms with Crippen molar-refractivity contribution in [1.82, 2.24) is 9.97 Å². The van der Waals surface area contributed by atoms with E-state index in [2.05, 4.69) is 39.7 Å². The maximum Gasteiger partial charge on any atom is 0.135 e. The number of nitrogens with zero attached hydrogens (tertiary/aromatic N) is 2. The second-order valence-electron chi connectivity index (χ2n) is 4.56. The third-order valence-electron chi connectivity index (χ3n) is 2.71. The van der Waals surface area contributed by atoms with E-state index in [1.165, 1.54) is 11.9 Å². The van der Waals surface area contributed by atoms with Crippen LogP contribution < -0.4 is 16.4 Å². The largest absolute Gasteiger partial charge is 0.366 e. The van der Waals surface area contributed by atoms with Gasteiger partial charge in [-0.15, -0.1) is 0 Å². The van der Waals surface area contributed by atoms with E-state index in [1.54, 1.807) is 0 Å². The highest BCUT2D eigenvalue weighted by Gasteiger charge is 2.02. The Morgan fingerprint density at radius 2 is 2.00 bits per heavy atom. The van der Waals surface area contributed by atoms with Gasteiger partial charge in [0.15, 0.2) is 0 Å². The number of aryl methyl sites for hydroxylation is 1. The van der Waals surface area contributed by atoms with Crippen molar-refractivity contribution in [2.24, 2.45) is 5.73 Å². The van der Waals surface area contributed by atoms with Gasteiger partial charge in [0.05, 0.1) is 0 Å². The predicted octanol–water partition coefficient (Wildman–Crippen LogP) is 2.29. The van der Waals surface area contributed by atoms with Crippen LogP contribution in [0.15, 0.2) is 36.7 Å². The van der Waals surface area contributed by atoms with Crippen molar-refractivity contribution in [3.05, 3.63) is 42.2 Å². The molecule has 2 rings (SSSR count). The van der Waals surface area contributed by atoms with Crippen LogP contribution in [0.2, 0.25) is 0 Å². The zero-order chi connectivity index (χ0) is 13.7. The lowest BCUT2D eigenvalue weighted by Gasteiger charge is -2.13. The van der Waals surface area contributed by atoms with Gasteiger partial charge in [-0.1, -0.05) is 12.1 Å². The van der Waals surface area contributed by atoms with Crippen LogP contribution in [-0.2, 0) is 0 Å². The first kappa shape index (κ1) is 13.3. The van der Waals surface area contributed by atoms with E-state index in [0.717, 1.165) is 17.3 Å². The highest BCUT2D eigenvalue weighted by Crippen LogP contribution is 2.17. The van der Waals surface area contributed by atoms with Crippen LogP contribution in [0, 0.1) is 6.92 Å². The molecular formula is C14H19N5. The lowest BCUT2D eigenvalue weighted by Crippen LogP contribution is -2.25. The number of nitrogens with two attached hydrogens (primary N) is 1. The molecule has 1 unspecified atom stereocenters. The zero-order valence-electron chi connectivity index (χ0n) is 11.2. The Kier molecular flexibility index (Phi) is 4.30. The minimum absolute atomic E-state index is 0.182. The molecule has 1 atom stereocenters. The van der Waals surface area contributed by atoms with Crippen LogP contribution in [0.4, 0.5) is 17.3 Å². The van der Waals surface area contributed by atoms with E-state index < -0.39 is 0 Å². The van der Waals surface area contributed by atoms with Gasteiger partial charge >= 0.3 is 0 Å². The van der Waals surface area contributed by atoms with Gasteiger partial charge < -0.3 is 16.4 Å². The van der Waals surface area contributed by atoms with Gasteiger partial charge in [0.1, 0.15) is 18.0 Å². The Hall–Kier alpha value is -2.14. The van der Waals surface area contributed by atoms with Crippen molar-refractivity contribution in [1.29, 1.82) is 0 Å². The Morgan fingerprint density at radius 1 is 1.21 bits per heavy atom. The lowest BCUT2D eigenvalue weighted by molar-refractivity contribution is 0.797. The fraction of sp³-hybridized carbons (Fsp3) is 0.286. The van der Waals surface area contributed by atoms with Gasteiger partial charge in [0.2, 0.25) is 0 Å². The monoisotopic (exact) mass is 257 g/mol. The summed E-state index contributed by atoms with van der Waals surface area (Å²) in [4.78, 5) is 8.37. The second kappa shape index (κ2) is 6.15. The van der Waals surface area contributed by atoms with Gasteiger partial charge in [0, 0.05) is 24.3 Å². The fourth-order valence-corrected chi connectivity index (χ4v) is 1.69. The van der Waals surface area contributed by atoms with Crippen LogP contribution >= 0.6 is 0 Å². The summed E-state index contributed by atoms with van der Waals surface area (Å²) in [6, 6.07) is 10.2. The molecule has 0 fully saturated rings. The molecule has 5 nitrogen and oxygen atoms in total. The third kappa shape index (κ3) is 3.93. The minimum Gasteiger partial charge on any atom is -0.366 e. The number of hydrogen-bond acceptors (Lipinski definition) is 5. The predicted molar refractivity (Wildman–Crippen MR) is 78.6 cm³/mol. The van der Waals surface area contributed by atoms with Crippen LogP contribution in [0.25, 0.3) is 0 Å². The standard InChI is InChI=1S/C14H19N5/c1-10-4-3-5-12(6-10)19-14-7-13(16-9-17-14)18-11(2)8-15/h3-7,9,11H,8,15H2,1-2H3,(H2,16,17,18,19). The first-order valence-corrected chi connectivity index (χ1v) is 6.29. The number of aromatic nitrogens is 2. The van der Waals surface area contributed by atoms with Crippen molar-refractivity contribution in [3.63, 3.8) is 0 Å². The number of rotatable bonds is 5. The first-order valence-electron chi connectivity index (χ1n) is 6.29. The van der Waals surface area contributed by atoms with Crippen LogP contribution in [0.5, 0.6) is 0 Å². The Labute approximate surface area is 113 Å². The van der Waals surface area contributed by atoms with E-state index in [-0.39, 0.29) is 6.04 Å². The molecule has 4 N–H and O–H groups in total. The summed E-state index contributed by atoms with van der Waals surface area (Å²) in [5.74, 6) is 1.52. The molecule has 1 heterocycles. The molecule has 0 aliphatic rings. The van der Waals surface area contributed by atoms with Crippen molar-refractivity contribution < 1.29 is 0 Å². The molecule has 5 heteroatoms. The molecule has 2 aromatic rings. The van der Waals surface area contributed by atoms with Crippen molar-refractivity contribution in [2.45, 2.75) is 19.9 Å². The topological polar surface area (TPSA) is 75.9 Å². The van der Waals surface area contributed by atoms with Gasteiger partial charge in [-0.25, -0.2) is 9.97 Å². The minimum atomic E-state index is 0.182. The van der Waals surface area contributed by atoms with E-state index >= 15 is 0 Å². The molecule has 0 aliphatic heterocycles. The molecule has 1 aromatic carbocycles. The van der Waals surface area contributed by atoms with Crippen LogP contribution in [0.1, 0.15) is 12.5 Å². The molecule has 0 saturated heterocycles. The molecule has 1 aromatic heterocycles. The van der Waals surface area contributed by atoms with Crippen molar-refractivity contribution >= 4 is 17.3 Å². The molecule has 0 spiro atoms. The van der Waals surface area contributed by atoms with Crippen molar-refractivity contribution in [2.75, 3.05) is 17.2 Å². The summed E-state index contributed by atoms with van der Waals surface area (Å²) in [6.07, 6.45) is 1.53. The van der Waals surface area contributed by atoms with Gasteiger partial charge in [0.25, 0.3) is 0 Å². The van der Waals surface area contributed by atoms with E-state index in [0.29, 0.717) is 6.54 Å². The summed E-state index contributed by atoms with van der Waals surface area (Å²) >= 11 is 0. The average Bonchev–Trinajstić information content (AvgIpc) is 2.39. The fourth-order valence-electron chi connectivity index (χ4n) is 1.69. The molecule has 0 saturated carbocycles. The quantitative estimate of drug-likeness (QED) is 0.766. The third-order valence-corrected chi connectivity index (χ3v) is 2.71. The summed E-state index contributed by atoms with van der Waals surface area (Å²) in [5.41, 5.74) is 7.79. The number of nitrogens with one attached hydrogen (secondary N) is 2. The van der Waals surface area contributed by atoms with E-state index in [9.17, 15) is 0 Å². The smallest absolute Gasteiger partial charge is 0.135 e. The zero-order valence-corrected chi connectivity index (χ0v) is 11.2. The number of anilines is 3. The summed E-state index contributed by atoms with van der Waals surface area (Å²) in [7, 11) is 0. The van der Waals surface area contributed by atoms with Crippen LogP contribution in [-0.4, -0.2) is 22.6 Å². The Balaban J connectivity index is 2.10. The first-order chi connectivity index (χ1) is 9.17. The van der Waals surface area contributed by atoms with Gasteiger partial charge in [-0.05, 0) is 31.5 Å². The summed E-state index contributed by atoms with van der Waals surface area (Å²) in [5, 5.41) is 6.47. The molecule has 0 bridgehead atoms. The highest BCUT2D eigenvalue weighted by atomic mass is 15.1. The molecule has 0 amide bonds. The maximum atomic E-state index is 5.58. The highest BCUT2D eigenvalue weighted by molar-refractivity contribution is 5.59. The van der Waals surface area contributed by atoms with E-state index in [4.69, 9.17) is 5.73 Å². The molecule has 19 heavy (non-hydrogen) atoms. The molecule has 100 valence electrons. The summed E-state index contributed by atoms with van der Waals surface area (Å²) in [6.45, 7) is 4.63. The molecule has 0 aliphatic carbocycles. The average molecular weight is 257 g/mol. The molecular weight excluding hydrogens is 238 g/mol. The van der Waals surface area contributed by atoms with Gasteiger partial charge in [-0.3, -0.25) is 0 Å². The molecule has 0 radical (unpaired) electrons. The summed E-state index contributed by atoms with van der Waals surface area (Å²) < 4.78 is 0.